The normalized spacial score (nSPS) is 60.4. The maximum Gasteiger partial charge on any atom is 0.0637 e. The largest absolute Gasteiger partial charge is 0.393 e. The van der Waals surface area contributed by atoms with Crippen molar-refractivity contribution < 1.29 is 10.2 Å². The van der Waals surface area contributed by atoms with Crippen LogP contribution in [0.4, 0.5) is 0 Å². The molecule has 0 spiro atoms. The van der Waals surface area contributed by atoms with Crippen LogP contribution in [0.5, 0.6) is 0 Å². The van der Waals surface area contributed by atoms with Crippen molar-refractivity contribution in [1.29, 1.82) is 0 Å². The summed E-state index contributed by atoms with van der Waals surface area (Å²) in [5.41, 5.74) is 0.241. The predicted molar refractivity (Wildman–Crippen MR) is 67.5 cm³/mol. The fourth-order valence-corrected chi connectivity index (χ4v) is 5.73. The van der Waals surface area contributed by atoms with Crippen LogP contribution < -0.4 is 0 Å². The van der Waals surface area contributed by atoms with Gasteiger partial charge in [-0.05, 0) is 41.9 Å². The quantitative estimate of drug-likeness (QED) is 0.681. The molecule has 6 atom stereocenters. The first-order valence-corrected chi connectivity index (χ1v) is 7.10. The van der Waals surface area contributed by atoms with Crippen molar-refractivity contribution >= 4 is 0 Å². The van der Waals surface area contributed by atoms with Gasteiger partial charge in [-0.15, -0.1) is 0 Å². The van der Waals surface area contributed by atoms with Crippen LogP contribution in [-0.4, -0.2) is 22.4 Å². The number of aliphatic hydroxyl groups excluding tert-OH is 2. The molecule has 0 aromatic heterocycles. The molecule has 3 saturated carbocycles. The maximum atomic E-state index is 10.8. The molecule has 4 bridgehead atoms. The van der Waals surface area contributed by atoms with Crippen LogP contribution in [-0.2, 0) is 0 Å². The van der Waals surface area contributed by atoms with Gasteiger partial charge in [0.2, 0.25) is 0 Å². The Morgan fingerprint density at radius 1 is 0.882 bits per heavy atom. The summed E-state index contributed by atoms with van der Waals surface area (Å²) in [5.74, 6) is 0.587. The lowest BCUT2D eigenvalue weighted by molar-refractivity contribution is -0.0850. The zero-order valence-corrected chi connectivity index (χ0v) is 11.5. The van der Waals surface area contributed by atoms with Crippen molar-refractivity contribution in [2.45, 2.75) is 65.6 Å². The van der Waals surface area contributed by atoms with E-state index in [0.717, 1.165) is 6.42 Å². The Morgan fingerprint density at radius 2 is 1.53 bits per heavy atom. The summed E-state index contributed by atoms with van der Waals surface area (Å²) in [6.45, 7) is 9.09. The molecule has 3 rings (SSSR count). The highest BCUT2D eigenvalue weighted by atomic mass is 16.3. The standard InChI is InChI=1S/C15H26O2/c1-13(2)6-5-7-14(3)10-9(16)8-15(14,4)12(17)11(10)13/h9-12,16-17H,5-8H2,1-4H3/t9-,10?,11+,12+,14-,15-/m0/s1. The van der Waals surface area contributed by atoms with Gasteiger partial charge >= 0.3 is 0 Å². The van der Waals surface area contributed by atoms with Gasteiger partial charge < -0.3 is 10.2 Å². The van der Waals surface area contributed by atoms with Crippen LogP contribution in [0.15, 0.2) is 0 Å². The second-order valence-corrected chi connectivity index (χ2v) is 7.94. The first-order valence-electron chi connectivity index (χ1n) is 7.10. The first-order chi connectivity index (χ1) is 7.74. The van der Waals surface area contributed by atoms with Crippen molar-refractivity contribution in [1.82, 2.24) is 0 Å². The lowest BCUT2D eigenvalue weighted by atomic mass is 9.63. The highest BCUT2D eigenvalue weighted by Gasteiger charge is 2.73. The molecule has 2 nitrogen and oxygen atoms in total. The Bertz CT molecular complexity index is 351. The summed E-state index contributed by atoms with van der Waals surface area (Å²) in [4.78, 5) is 0. The van der Waals surface area contributed by atoms with Gasteiger partial charge in [0.25, 0.3) is 0 Å². The molecule has 1 unspecified atom stereocenters. The number of hydrogen-bond donors (Lipinski definition) is 2. The van der Waals surface area contributed by atoms with E-state index in [4.69, 9.17) is 0 Å². The van der Waals surface area contributed by atoms with Crippen molar-refractivity contribution in [2.24, 2.45) is 28.1 Å². The summed E-state index contributed by atoms with van der Waals surface area (Å²) >= 11 is 0. The molecular weight excluding hydrogens is 212 g/mol. The summed E-state index contributed by atoms with van der Waals surface area (Å²) in [6.07, 6.45) is 3.96. The lowest BCUT2D eigenvalue weighted by Crippen LogP contribution is -2.46. The van der Waals surface area contributed by atoms with Gasteiger partial charge in [-0.25, -0.2) is 0 Å². The molecule has 17 heavy (non-hydrogen) atoms. The zero-order valence-electron chi connectivity index (χ0n) is 11.5. The molecule has 3 aliphatic carbocycles. The molecule has 0 aliphatic heterocycles. The van der Waals surface area contributed by atoms with E-state index in [-0.39, 0.29) is 34.4 Å². The van der Waals surface area contributed by atoms with Gasteiger partial charge in [-0.3, -0.25) is 0 Å². The molecule has 0 amide bonds. The molecule has 0 saturated heterocycles. The van der Waals surface area contributed by atoms with Gasteiger partial charge in [-0.1, -0.05) is 34.1 Å². The van der Waals surface area contributed by atoms with E-state index in [1.807, 2.05) is 0 Å². The molecule has 0 aromatic carbocycles. The fourth-order valence-electron chi connectivity index (χ4n) is 5.73. The Balaban J connectivity index is 2.15. The fraction of sp³-hybridized carbons (Fsp3) is 1.00. The Labute approximate surface area is 104 Å². The number of aliphatic hydroxyl groups is 2. The van der Waals surface area contributed by atoms with E-state index in [9.17, 15) is 10.2 Å². The summed E-state index contributed by atoms with van der Waals surface area (Å²) < 4.78 is 0. The lowest BCUT2D eigenvalue weighted by Gasteiger charge is -2.45. The van der Waals surface area contributed by atoms with Gasteiger partial charge in [0.1, 0.15) is 0 Å². The summed E-state index contributed by atoms with van der Waals surface area (Å²) in [7, 11) is 0. The van der Waals surface area contributed by atoms with Gasteiger partial charge in [0.05, 0.1) is 12.2 Å². The molecule has 0 radical (unpaired) electrons. The van der Waals surface area contributed by atoms with E-state index < -0.39 is 0 Å². The van der Waals surface area contributed by atoms with Crippen LogP contribution in [0.2, 0.25) is 0 Å². The van der Waals surface area contributed by atoms with Crippen LogP contribution in [0, 0.1) is 28.1 Å². The number of rotatable bonds is 0. The maximum absolute atomic E-state index is 10.8. The average Bonchev–Trinajstić information content (AvgIpc) is 2.44. The third kappa shape index (κ3) is 1.14. The molecule has 0 aromatic rings. The van der Waals surface area contributed by atoms with Crippen LogP contribution in [0.1, 0.15) is 53.4 Å². The minimum atomic E-state index is -0.226. The molecular formula is C15H26O2. The Morgan fingerprint density at radius 3 is 2.18 bits per heavy atom. The minimum Gasteiger partial charge on any atom is -0.393 e. The van der Waals surface area contributed by atoms with Crippen molar-refractivity contribution in [3.63, 3.8) is 0 Å². The zero-order chi connectivity index (χ0) is 12.6. The van der Waals surface area contributed by atoms with E-state index in [2.05, 4.69) is 27.7 Å². The summed E-state index contributed by atoms with van der Waals surface area (Å²) in [5, 5.41) is 21.2. The van der Waals surface area contributed by atoms with E-state index in [1.165, 1.54) is 19.3 Å². The SMILES string of the molecule is CC1(C)CCC[C@@]2(C)C3[C@@H]1[C@@H](O)[C@]2(C)C[C@@H]3O. The average molecular weight is 238 g/mol. The topological polar surface area (TPSA) is 40.5 Å². The summed E-state index contributed by atoms with van der Waals surface area (Å²) in [6, 6.07) is 0. The van der Waals surface area contributed by atoms with Gasteiger partial charge in [-0.2, -0.15) is 0 Å². The molecule has 2 N–H and O–H groups in total. The minimum absolute atomic E-state index is 0.0700. The first kappa shape index (κ1) is 12.0. The predicted octanol–water partition coefficient (Wildman–Crippen LogP) is 2.58. The third-order valence-corrected chi connectivity index (χ3v) is 6.89. The second kappa shape index (κ2) is 3.08. The Kier molecular flexibility index (Phi) is 2.17. The smallest absolute Gasteiger partial charge is 0.0637 e. The van der Waals surface area contributed by atoms with Crippen molar-refractivity contribution in [3.05, 3.63) is 0 Å². The molecule has 3 aliphatic rings. The van der Waals surface area contributed by atoms with E-state index >= 15 is 0 Å². The second-order valence-electron chi connectivity index (χ2n) is 7.94. The highest BCUT2D eigenvalue weighted by molar-refractivity contribution is 5.22. The van der Waals surface area contributed by atoms with Crippen LogP contribution in [0.3, 0.4) is 0 Å². The molecule has 2 heteroatoms. The third-order valence-electron chi connectivity index (χ3n) is 6.89. The molecule has 0 heterocycles. The van der Waals surface area contributed by atoms with Crippen LogP contribution in [0.25, 0.3) is 0 Å². The monoisotopic (exact) mass is 238 g/mol. The van der Waals surface area contributed by atoms with E-state index in [0.29, 0.717) is 5.92 Å². The van der Waals surface area contributed by atoms with Crippen LogP contribution >= 0.6 is 0 Å². The number of hydrogen-bond acceptors (Lipinski definition) is 2. The van der Waals surface area contributed by atoms with Gasteiger partial charge in [0.15, 0.2) is 0 Å². The molecule has 3 fully saturated rings. The highest BCUT2D eigenvalue weighted by Crippen LogP contribution is 2.73. The molecule has 98 valence electrons. The van der Waals surface area contributed by atoms with Crippen molar-refractivity contribution in [2.75, 3.05) is 0 Å². The Hall–Kier alpha value is -0.0800. The van der Waals surface area contributed by atoms with E-state index in [1.54, 1.807) is 0 Å². The van der Waals surface area contributed by atoms with Gasteiger partial charge in [0, 0.05) is 5.41 Å². The van der Waals surface area contributed by atoms with Crippen molar-refractivity contribution in [3.8, 4) is 0 Å².